The Hall–Kier alpha value is -4.29. The van der Waals surface area contributed by atoms with E-state index in [-0.39, 0.29) is 30.3 Å². The number of hydrogen-bond acceptors (Lipinski definition) is 5. The van der Waals surface area contributed by atoms with E-state index in [0.29, 0.717) is 10.7 Å². The van der Waals surface area contributed by atoms with Crippen LogP contribution in [-0.4, -0.2) is 62.8 Å². The second kappa shape index (κ2) is 13.3. The van der Waals surface area contributed by atoms with Crippen LogP contribution in [0.4, 0.5) is 10.5 Å². The third-order valence-corrected chi connectivity index (χ3v) is 7.86. The van der Waals surface area contributed by atoms with Crippen molar-refractivity contribution < 1.29 is 29.1 Å². The van der Waals surface area contributed by atoms with Gasteiger partial charge in [-0.15, -0.1) is 0 Å². The molecule has 0 radical (unpaired) electrons. The number of fused-ring (bicyclic) bond motifs is 3. The van der Waals surface area contributed by atoms with Crippen molar-refractivity contribution in [3.05, 3.63) is 63.8 Å². The quantitative estimate of drug-likeness (QED) is 0.199. The molecule has 1 aromatic heterocycles. The summed E-state index contributed by atoms with van der Waals surface area (Å²) in [7, 11) is 0. The van der Waals surface area contributed by atoms with Crippen LogP contribution in [0.15, 0.2) is 42.5 Å². The van der Waals surface area contributed by atoms with Crippen LogP contribution in [0.5, 0.6) is 0 Å². The predicted molar refractivity (Wildman–Crippen MR) is 162 cm³/mol. The molecule has 43 heavy (non-hydrogen) atoms. The van der Waals surface area contributed by atoms with Gasteiger partial charge >= 0.3 is 12.0 Å². The molecule has 0 bridgehead atoms. The Morgan fingerprint density at radius 1 is 1.05 bits per heavy atom. The number of nitrogens with two attached hydrogens (primary N) is 1. The zero-order valence-corrected chi connectivity index (χ0v) is 25.0. The molecule has 7 N–H and O–H groups in total. The molecule has 4 rings (SSSR count). The fourth-order valence-electron chi connectivity index (χ4n) is 5.07. The van der Waals surface area contributed by atoms with Gasteiger partial charge < -0.3 is 36.7 Å². The third kappa shape index (κ3) is 7.57. The number of nitrogens with one attached hydrogen (secondary N) is 4. The highest BCUT2D eigenvalue weighted by molar-refractivity contribution is 6.42. The molecule has 2 aromatic carbocycles. The SMILES string of the molecule is CC(C)C[C@H](NC(=O)[C@H]1Cc2c([nH]c3ccccc23)CN1C(=O)Nc1ccc(Cl)c(Cl)c1)C(=O)N[C@@H](CC(=O)O)C(N)=O. The number of hydrogen-bond donors (Lipinski definition) is 6. The Morgan fingerprint density at radius 2 is 1.77 bits per heavy atom. The van der Waals surface area contributed by atoms with Crippen LogP contribution in [-0.2, 0) is 32.1 Å². The van der Waals surface area contributed by atoms with E-state index < -0.39 is 54.3 Å². The molecule has 0 fully saturated rings. The lowest BCUT2D eigenvalue weighted by atomic mass is 9.95. The second-order valence-corrected chi connectivity index (χ2v) is 11.6. The number of anilines is 1. The molecule has 0 saturated heterocycles. The van der Waals surface area contributed by atoms with E-state index in [4.69, 9.17) is 34.0 Å². The molecule has 0 spiro atoms. The van der Waals surface area contributed by atoms with Gasteiger partial charge in [0.2, 0.25) is 17.7 Å². The number of rotatable bonds is 10. The van der Waals surface area contributed by atoms with Crippen molar-refractivity contribution in [2.24, 2.45) is 11.7 Å². The van der Waals surface area contributed by atoms with E-state index in [1.165, 1.54) is 17.0 Å². The van der Waals surface area contributed by atoms with E-state index in [0.717, 1.165) is 22.2 Å². The van der Waals surface area contributed by atoms with E-state index in [2.05, 4.69) is 20.9 Å². The summed E-state index contributed by atoms with van der Waals surface area (Å²) in [6.07, 6.45) is -0.381. The van der Waals surface area contributed by atoms with Crippen LogP contribution in [0.3, 0.4) is 0 Å². The summed E-state index contributed by atoms with van der Waals surface area (Å²) in [4.78, 5) is 68.3. The van der Waals surface area contributed by atoms with E-state index in [9.17, 15) is 24.0 Å². The summed E-state index contributed by atoms with van der Waals surface area (Å²) in [5, 5.41) is 18.4. The number of carbonyl (C=O) groups is 5. The van der Waals surface area contributed by atoms with Crippen LogP contribution in [0.2, 0.25) is 10.0 Å². The first-order valence-corrected chi connectivity index (χ1v) is 14.3. The molecule has 1 aliphatic rings. The lowest BCUT2D eigenvalue weighted by Crippen LogP contribution is -2.59. The maximum atomic E-state index is 13.9. The number of primary amides is 1. The Labute approximate surface area is 257 Å². The first-order chi connectivity index (χ1) is 20.3. The smallest absolute Gasteiger partial charge is 0.322 e. The van der Waals surface area contributed by atoms with Crippen LogP contribution in [0.25, 0.3) is 10.9 Å². The van der Waals surface area contributed by atoms with Gasteiger partial charge in [-0.05, 0) is 42.2 Å². The van der Waals surface area contributed by atoms with Crippen molar-refractivity contribution >= 4 is 69.5 Å². The average molecular weight is 632 g/mol. The molecular formula is C29H32Cl2N6O6. The molecule has 0 unspecified atom stereocenters. The van der Waals surface area contributed by atoms with Gasteiger partial charge in [-0.25, -0.2) is 4.79 Å². The summed E-state index contributed by atoms with van der Waals surface area (Å²) in [5.41, 5.74) is 8.15. The monoisotopic (exact) mass is 630 g/mol. The van der Waals surface area contributed by atoms with E-state index in [1.54, 1.807) is 6.07 Å². The summed E-state index contributed by atoms with van der Waals surface area (Å²) in [6, 6.07) is 7.98. The summed E-state index contributed by atoms with van der Waals surface area (Å²) < 4.78 is 0. The van der Waals surface area contributed by atoms with Gasteiger partial charge in [0.15, 0.2) is 0 Å². The minimum atomic E-state index is -1.46. The molecule has 14 heteroatoms. The Kier molecular flexibility index (Phi) is 9.82. The fraction of sp³-hybridized carbons (Fsp3) is 0.345. The first-order valence-electron chi connectivity index (χ1n) is 13.6. The van der Waals surface area contributed by atoms with E-state index in [1.807, 2.05) is 38.1 Å². The fourth-order valence-corrected chi connectivity index (χ4v) is 5.36. The van der Waals surface area contributed by atoms with Crippen molar-refractivity contribution in [1.29, 1.82) is 0 Å². The zero-order valence-electron chi connectivity index (χ0n) is 23.4. The molecule has 3 atom stereocenters. The molecule has 0 saturated carbocycles. The highest BCUT2D eigenvalue weighted by Gasteiger charge is 2.38. The predicted octanol–water partition coefficient (Wildman–Crippen LogP) is 3.41. The second-order valence-electron chi connectivity index (χ2n) is 10.8. The lowest BCUT2D eigenvalue weighted by Gasteiger charge is -2.35. The molecule has 5 amide bonds. The molecular weight excluding hydrogens is 599 g/mol. The summed E-state index contributed by atoms with van der Waals surface area (Å²) in [5.74, 6) is -3.77. The van der Waals surface area contributed by atoms with Gasteiger partial charge in [-0.2, -0.15) is 0 Å². The van der Waals surface area contributed by atoms with Crippen LogP contribution >= 0.6 is 23.2 Å². The number of carboxylic acid groups (broad SMARTS) is 1. The number of amides is 5. The molecule has 2 heterocycles. The highest BCUT2D eigenvalue weighted by Crippen LogP contribution is 2.31. The maximum Gasteiger partial charge on any atom is 0.322 e. The first kappa shape index (κ1) is 31.6. The number of urea groups is 1. The van der Waals surface area contributed by atoms with Crippen molar-refractivity contribution in [2.45, 2.75) is 57.8 Å². The molecule has 1 aliphatic heterocycles. The van der Waals surface area contributed by atoms with Crippen LogP contribution in [0, 0.1) is 5.92 Å². The highest BCUT2D eigenvalue weighted by atomic mass is 35.5. The number of para-hydroxylation sites is 1. The minimum absolute atomic E-state index is 0.0665. The standard InChI is InChI=1S/C29H32Cl2N6O6/c1-14(2)9-22(27(41)35-21(26(32)40)12-25(38)39)36-28(42)24-11-17-16-5-3-4-6-20(16)34-23(17)13-37(24)29(43)33-15-7-8-18(30)19(31)10-15/h3-8,10,14,21-22,24,34H,9,11-13H2,1-2H3,(H2,32,40)(H,33,43)(H,35,41)(H,36,42)(H,38,39)/t21-,22-,24+/m0/s1. The number of carbonyl (C=O) groups excluding carboxylic acids is 4. The van der Waals surface area contributed by atoms with E-state index >= 15 is 0 Å². The van der Waals surface area contributed by atoms with Crippen LogP contribution < -0.4 is 21.7 Å². The van der Waals surface area contributed by atoms with Crippen molar-refractivity contribution in [3.63, 3.8) is 0 Å². The van der Waals surface area contributed by atoms with Crippen LogP contribution in [0.1, 0.15) is 37.9 Å². The zero-order chi connectivity index (χ0) is 31.4. The molecule has 3 aromatic rings. The molecule has 12 nitrogen and oxygen atoms in total. The molecule has 0 aliphatic carbocycles. The normalized spacial score (nSPS) is 15.8. The average Bonchev–Trinajstić information content (AvgIpc) is 3.30. The van der Waals surface area contributed by atoms with Gasteiger partial charge in [-0.3, -0.25) is 19.2 Å². The number of carboxylic acids is 1. The van der Waals surface area contributed by atoms with Gasteiger partial charge in [0, 0.05) is 28.7 Å². The number of H-pyrrole nitrogens is 1. The topological polar surface area (TPSA) is 187 Å². The number of aromatic amines is 1. The summed E-state index contributed by atoms with van der Waals surface area (Å²) >= 11 is 12.1. The van der Waals surface area contributed by atoms with Gasteiger partial charge in [0.1, 0.15) is 18.1 Å². The third-order valence-electron chi connectivity index (χ3n) is 7.12. The van der Waals surface area contributed by atoms with Gasteiger partial charge in [0.05, 0.1) is 23.0 Å². The summed E-state index contributed by atoms with van der Waals surface area (Å²) in [6.45, 7) is 3.74. The largest absolute Gasteiger partial charge is 0.481 e. The Morgan fingerprint density at radius 3 is 2.42 bits per heavy atom. The Bertz CT molecular complexity index is 1570. The van der Waals surface area contributed by atoms with Crippen molar-refractivity contribution in [3.8, 4) is 0 Å². The number of benzene rings is 2. The minimum Gasteiger partial charge on any atom is -0.481 e. The Balaban J connectivity index is 1.63. The number of halogens is 2. The maximum absolute atomic E-state index is 13.9. The van der Waals surface area contributed by atoms with Crippen molar-refractivity contribution in [1.82, 2.24) is 20.5 Å². The lowest BCUT2D eigenvalue weighted by molar-refractivity contribution is -0.140. The van der Waals surface area contributed by atoms with Gasteiger partial charge in [0.25, 0.3) is 0 Å². The number of nitrogens with zero attached hydrogens (tertiary/aromatic N) is 1. The number of aromatic nitrogens is 1. The molecule has 228 valence electrons. The number of aliphatic carboxylic acids is 1. The van der Waals surface area contributed by atoms with Gasteiger partial charge in [-0.1, -0.05) is 55.2 Å². The van der Waals surface area contributed by atoms with Crippen molar-refractivity contribution in [2.75, 3.05) is 5.32 Å².